The monoisotopic (exact) mass is 220 g/mol. The minimum atomic E-state index is -0.528. The summed E-state index contributed by atoms with van der Waals surface area (Å²) in [6.07, 6.45) is 0. The van der Waals surface area contributed by atoms with Gasteiger partial charge in [-0.25, -0.2) is 9.59 Å². The predicted octanol–water partition coefficient (Wildman–Crippen LogP) is 0.381. The van der Waals surface area contributed by atoms with Gasteiger partial charge in [0, 0.05) is 0 Å². The maximum atomic E-state index is 11.7. The van der Waals surface area contributed by atoms with Gasteiger partial charge in [-0.05, 0) is 41.1 Å². The zero-order valence-electron chi connectivity index (χ0n) is 9.10. The number of esters is 2. The molecule has 5 saturated carbocycles. The fourth-order valence-electron chi connectivity index (χ4n) is 4.46. The van der Waals surface area contributed by atoms with Crippen molar-refractivity contribution < 1.29 is 19.1 Å². The standard InChI is InChI=1S/C12H12O4/c1-15-11(13)10(12(14)16-2)9-7-3-4(7)6-5(3)8(6)9/h3-8H,1-2H3. The lowest BCUT2D eigenvalue weighted by molar-refractivity contribution is -0.144. The summed E-state index contributed by atoms with van der Waals surface area (Å²) in [7, 11) is 2.62. The van der Waals surface area contributed by atoms with E-state index in [2.05, 4.69) is 0 Å². The molecule has 0 atom stereocenters. The van der Waals surface area contributed by atoms with Crippen LogP contribution in [0.25, 0.3) is 0 Å². The molecule has 0 N–H and O–H groups in total. The van der Waals surface area contributed by atoms with Crippen LogP contribution in [0, 0.1) is 35.5 Å². The number of rotatable bonds is 2. The van der Waals surface area contributed by atoms with Gasteiger partial charge in [-0.3, -0.25) is 0 Å². The molecule has 0 saturated heterocycles. The summed E-state index contributed by atoms with van der Waals surface area (Å²) >= 11 is 0. The Labute approximate surface area is 92.6 Å². The Balaban J connectivity index is 1.80. The minimum absolute atomic E-state index is 0.190. The van der Waals surface area contributed by atoms with E-state index < -0.39 is 11.9 Å². The second-order valence-corrected chi connectivity index (χ2v) is 5.17. The highest BCUT2D eigenvalue weighted by Crippen LogP contribution is 2.94. The Hall–Kier alpha value is -1.32. The summed E-state index contributed by atoms with van der Waals surface area (Å²) in [5.41, 5.74) is 1.25. The van der Waals surface area contributed by atoms with E-state index in [1.807, 2.05) is 0 Å². The fraction of sp³-hybridized carbons (Fsp3) is 0.667. The zero-order valence-corrected chi connectivity index (χ0v) is 9.10. The van der Waals surface area contributed by atoms with Crippen LogP contribution in [0.4, 0.5) is 0 Å². The highest BCUT2D eigenvalue weighted by Gasteiger charge is 2.90. The van der Waals surface area contributed by atoms with Gasteiger partial charge in [-0.2, -0.15) is 0 Å². The van der Waals surface area contributed by atoms with Crippen LogP contribution in [0.5, 0.6) is 0 Å². The van der Waals surface area contributed by atoms with Crippen molar-refractivity contribution in [2.75, 3.05) is 14.2 Å². The summed E-state index contributed by atoms with van der Waals surface area (Å²) in [6.45, 7) is 0. The summed E-state index contributed by atoms with van der Waals surface area (Å²) in [6, 6.07) is 0. The third-order valence-corrected chi connectivity index (χ3v) is 4.94. The molecule has 4 nitrogen and oxygen atoms in total. The first-order valence-electron chi connectivity index (χ1n) is 5.63. The quantitative estimate of drug-likeness (QED) is 0.292. The first-order chi connectivity index (χ1) is 7.72. The molecule has 5 aliphatic rings. The molecule has 0 aromatic carbocycles. The Kier molecular flexibility index (Phi) is 1.28. The van der Waals surface area contributed by atoms with E-state index >= 15 is 0 Å². The van der Waals surface area contributed by atoms with Crippen LogP contribution in [0.1, 0.15) is 0 Å². The molecule has 5 aliphatic carbocycles. The number of carbonyl (C=O) groups excluding carboxylic acids is 2. The van der Waals surface area contributed by atoms with Gasteiger partial charge in [0.15, 0.2) is 0 Å². The molecule has 16 heavy (non-hydrogen) atoms. The van der Waals surface area contributed by atoms with E-state index in [9.17, 15) is 9.59 Å². The Bertz CT molecular complexity index is 400. The number of methoxy groups -OCH3 is 2. The third-order valence-electron chi connectivity index (χ3n) is 4.94. The van der Waals surface area contributed by atoms with Crippen LogP contribution in [0.2, 0.25) is 0 Å². The van der Waals surface area contributed by atoms with Crippen molar-refractivity contribution in [3.05, 3.63) is 11.1 Å². The van der Waals surface area contributed by atoms with Gasteiger partial charge in [0.2, 0.25) is 0 Å². The van der Waals surface area contributed by atoms with Gasteiger partial charge < -0.3 is 9.47 Å². The van der Waals surface area contributed by atoms with Gasteiger partial charge in [-0.15, -0.1) is 0 Å². The first-order valence-corrected chi connectivity index (χ1v) is 5.63. The number of hydrogen-bond acceptors (Lipinski definition) is 4. The van der Waals surface area contributed by atoms with Gasteiger partial charge in [0.25, 0.3) is 0 Å². The molecule has 5 rings (SSSR count). The van der Waals surface area contributed by atoms with E-state index in [0.29, 0.717) is 11.8 Å². The number of allylic oxidation sites excluding steroid dienone is 1. The van der Waals surface area contributed by atoms with E-state index in [4.69, 9.17) is 9.47 Å². The van der Waals surface area contributed by atoms with Gasteiger partial charge in [0.1, 0.15) is 5.57 Å². The van der Waals surface area contributed by atoms with Crippen molar-refractivity contribution in [2.24, 2.45) is 35.5 Å². The van der Waals surface area contributed by atoms with E-state index in [0.717, 1.165) is 29.2 Å². The number of carbonyl (C=O) groups is 2. The molecule has 2 bridgehead atoms. The molecule has 0 aromatic rings. The van der Waals surface area contributed by atoms with Crippen LogP contribution in [-0.4, -0.2) is 26.2 Å². The molecule has 0 amide bonds. The summed E-state index contributed by atoms with van der Waals surface area (Å²) in [5.74, 6) is 3.10. The van der Waals surface area contributed by atoms with Crippen molar-refractivity contribution in [3.63, 3.8) is 0 Å². The second kappa shape index (κ2) is 2.34. The first kappa shape index (κ1) is 8.79. The SMILES string of the molecule is COC(=O)C(C(=O)OC)=C1C2C3C2C2C1C32. The molecule has 0 unspecified atom stereocenters. The molecular weight excluding hydrogens is 208 g/mol. The lowest BCUT2D eigenvalue weighted by Crippen LogP contribution is -2.19. The molecule has 0 radical (unpaired) electrons. The summed E-state index contributed by atoms with van der Waals surface area (Å²) < 4.78 is 9.39. The summed E-state index contributed by atoms with van der Waals surface area (Å²) in [4.78, 5) is 23.3. The van der Waals surface area contributed by atoms with Crippen molar-refractivity contribution in [1.82, 2.24) is 0 Å². The molecule has 0 spiro atoms. The van der Waals surface area contributed by atoms with Crippen LogP contribution < -0.4 is 0 Å². The molecular formula is C12H12O4. The van der Waals surface area contributed by atoms with Gasteiger partial charge >= 0.3 is 11.9 Å². The number of hydrogen-bond donors (Lipinski definition) is 0. The van der Waals surface area contributed by atoms with Crippen LogP contribution >= 0.6 is 0 Å². The highest BCUT2D eigenvalue weighted by molar-refractivity contribution is 6.15. The minimum Gasteiger partial charge on any atom is -0.465 e. The molecule has 4 heteroatoms. The Morgan fingerprint density at radius 1 is 0.875 bits per heavy atom. The second-order valence-electron chi connectivity index (χ2n) is 5.17. The van der Waals surface area contributed by atoms with Crippen molar-refractivity contribution in [1.29, 1.82) is 0 Å². The topological polar surface area (TPSA) is 52.6 Å². The zero-order chi connectivity index (χ0) is 11.2. The third kappa shape index (κ3) is 0.673. The van der Waals surface area contributed by atoms with Gasteiger partial charge in [0.05, 0.1) is 14.2 Å². The van der Waals surface area contributed by atoms with Crippen molar-refractivity contribution in [2.45, 2.75) is 0 Å². The smallest absolute Gasteiger partial charge is 0.345 e. The van der Waals surface area contributed by atoms with E-state index in [-0.39, 0.29) is 5.57 Å². The number of ether oxygens (including phenoxy) is 2. The molecule has 5 fully saturated rings. The fourth-order valence-corrected chi connectivity index (χ4v) is 4.46. The van der Waals surface area contributed by atoms with E-state index in [1.54, 1.807) is 0 Å². The van der Waals surface area contributed by atoms with Crippen molar-refractivity contribution in [3.8, 4) is 0 Å². The molecule has 0 aliphatic heterocycles. The predicted molar refractivity (Wildman–Crippen MR) is 52.0 cm³/mol. The lowest BCUT2D eigenvalue weighted by Gasteiger charge is -2.08. The molecule has 84 valence electrons. The van der Waals surface area contributed by atoms with Crippen LogP contribution in [0.15, 0.2) is 11.1 Å². The average molecular weight is 220 g/mol. The summed E-state index contributed by atoms with van der Waals surface area (Å²) in [5, 5.41) is 0. The molecule has 0 heterocycles. The highest BCUT2D eigenvalue weighted by atomic mass is 16.5. The van der Waals surface area contributed by atoms with Crippen LogP contribution in [-0.2, 0) is 19.1 Å². The van der Waals surface area contributed by atoms with E-state index in [1.165, 1.54) is 14.2 Å². The maximum Gasteiger partial charge on any atom is 0.345 e. The van der Waals surface area contributed by atoms with Crippen LogP contribution in [0.3, 0.4) is 0 Å². The Morgan fingerprint density at radius 3 is 1.56 bits per heavy atom. The Morgan fingerprint density at radius 2 is 1.25 bits per heavy atom. The normalized spacial score (nSPS) is 47.8. The largest absolute Gasteiger partial charge is 0.465 e. The maximum absolute atomic E-state index is 11.7. The lowest BCUT2D eigenvalue weighted by atomic mass is 10.0. The van der Waals surface area contributed by atoms with Crippen molar-refractivity contribution >= 4 is 11.9 Å². The average Bonchev–Trinajstić information content (AvgIpc) is 3.01. The molecule has 0 aromatic heterocycles. The van der Waals surface area contributed by atoms with Gasteiger partial charge in [-0.1, -0.05) is 0 Å².